The molecule has 27 heavy (non-hydrogen) atoms. The minimum absolute atomic E-state index is 0.107. The Morgan fingerprint density at radius 2 is 1.63 bits per heavy atom. The van der Waals surface area contributed by atoms with Crippen molar-refractivity contribution in [3.63, 3.8) is 0 Å². The van der Waals surface area contributed by atoms with E-state index in [4.69, 9.17) is 9.47 Å². The maximum atomic E-state index is 13.8. The van der Waals surface area contributed by atoms with Crippen molar-refractivity contribution in [3.8, 4) is 0 Å². The number of ketones is 2. The monoisotopic (exact) mass is 374 g/mol. The first-order valence-corrected chi connectivity index (χ1v) is 11.0. The zero-order valence-electron chi connectivity index (χ0n) is 17.4. The number of rotatable bonds is 0. The maximum absolute atomic E-state index is 13.8. The molecule has 5 fully saturated rings. The van der Waals surface area contributed by atoms with Crippen LogP contribution in [0.25, 0.3) is 0 Å². The van der Waals surface area contributed by atoms with Gasteiger partial charge in [0.1, 0.15) is 11.9 Å². The Labute approximate surface area is 162 Å². The van der Waals surface area contributed by atoms with Gasteiger partial charge in [-0.3, -0.25) is 9.59 Å². The lowest BCUT2D eigenvalue weighted by molar-refractivity contribution is -0.177. The van der Waals surface area contributed by atoms with Crippen molar-refractivity contribution < 1.29 is 19.1 Å². The van der Waals surface area contributed by atoms with Gasteiger partial charge in [0, 0.05) is 17.3 Å². The van der Waals surface area contributed by atoms with Crippen molar-refractivity contribution in [1.82, 2.24) is 0 Å². The number of Topliss-reactive ketones (excluding diaryl/α,β-unsaturated/α-hetero) is 2. The number of hydrogen-bond acceptors (Lipinski definition) is 4. The van der Waals surface area contributed by atoms with Gasteiger partial charge in [0.2, 0.25) is 0 Å². The van der Waals surface area contributed by atoms with Crippen LogP contribution in [0.3, 0.4) is 0 Å². The molecule has 5 aliphatic rings. The summed E-state index contributed by atoms with van der Waals surface area (Å²) in [7, 11) is 0. The molecule has 0 amide bonds. The van der Waals surface area contributed by atoms with Gasteiger partial charge in [0.25, 0.3) is 0 Å². The first-order chi connectivity index (χ1) is 12.6. The van der Waals surface area contributed by atoms with E-state index in [1.165, 1.54) is 0 Å². The zero-order valence-corrected chi connectivity index (χ0v) is 17.4. The minimum Gasteiger partial charge on any atom is -0.344 e. The molecule has 4 saturated carbocycles. The van der Waals surface area contributed by atoms with Crippen molar-refractivity contribution in [1.29, 1.82) is 0 Å². The summed E-state index contributed by atoms with van der Waals surface area (Å²) in [6.45, 7) is 10.6. The molecule has 5 rings (SSSR count). The summed E-state index contributed by atoms with van der Waals surface area (Å²) >= 11 is 0. The Kier molecular flexibility index (Phi) is 3.69. The molecule has 0 spiro atoms. The lowest BCUT2D eigenvalue weighted by Crippen LogP contribution is -2.64. The summed E-state index contributed by atoms with van der Waals surface area (Å²) in [5.74, 6) is 2.15. The van der Waals surface area contributed by atoms with E-state index in [0.29, 0.717) is 35.4 Å². The second kappa shape index (κ2) is 5.44. The average molecular weight is 375 g/mol. The lowest BCUT2D eigenvalue weighted by atomic mass is 9.43. The zero-order chi connectivity index (χ0) is 19.4. The molecule has 0 aromatic heterocycles. The summed E-state index contributed by atoms with van der Waals surface area (Å²) < 4.78 is 12.3. The van der Waals surface area contributed by atoms with E-state index < -0.39 is 11.9 Å². The molecule has 1 heterocycles. The largest absolute Gasteiger partial charge is 0.344 e. The molecule has 4 nitrogen and oxygen atoms in total. The fraction of sp³-hybridized carbons (Fsp3) is 0.913. The van der Waals surface area contributed by atoms with Crippen molar-refractivity contribution in [2.24, 2.45) is 40.4 Å². The van der Waals surface area contributed by atoms with E-state index in [-0.39, 0.29) is 22.7 Å². The van der Waals surface area contributed by atoms with E-state index >= 15 is 0 Å². The standard InChI is InChI=1S/C23H34O4/c1-12-14-7-6-13-15-8-9-17(24)22(15,4)11-10-16(13)23(14,5)20(25)19-18(12)26-21(2,3)27-19/h12-16,18-19H,6-11H2,1-5H3/t12-,13-,14-,15-,16-,18+,19+,22-,23-/m0/s1. The van der Waals surface area contributed by atoms with Crippen molar-refractivity contribution in [2.75, 3.05) is 0 Å². The Balaban J connectivity index is 1.52. The molecule has 0 aromatic carbocycles. The van der Waals surface area contributed by atoms with Crippen LogP contribution in [0.5, 0.6) is 0 Å². The highest BCUT2D eigenvalue weighted by atomic mass is 16.8. The second-order valence-electron chi connectivity index (χ2n) is 11.0. The van der Waals surface area contributed by atoms with Gasteiger partial charge in [0.15, 0.2) is 11.6 Å². The Morgan fingerprint density at radius 1 is 0.889 bits per heavy atom. The summed E-state index contributed by atoms with van der Waals surface area (Å²) in [4.78, 5) is 26.4. The number of carbonyl (C=O) groups is 2. The summed E-state index contributed by atoms with van der Waals surface area (Å²) in [5, 5.41) is 0. The highest BCUT2D eigenvalue weighted by Gasteiger charge is 2.68. The average Bonchev–Trinajstić information content (AvgIpc) is 3.09. The van der Waals surface area contributed by atoms with Gasteiger partial charge in [-0.15, -0.1) is 0 Å². The summed E-state index contributed by atoms with van der Waals surface area (Å²) in [5.41, 5.74) is -0.467. The Morgan fingerprint density at radius 3 is 2.37 bits per heavy atom. The van der Waals surface area contributed by atoms with Crippen LogP contribution in [0.1, 0.15) is 73.1 Å². The van der Waals surface area contributed by atoms with Crippen LogP contribution < -0.4 is 0 Å². The van der Waals surface area contributed by atoms with Crippen LogP contribution in [-0.2, 0) is 19.1 Å². The first-order valence-electron chi connectivity index (χ1n) is 11.0. The highest BCUT2D eigenvalue weighted by Crippen LogP contribution is 2.66. The summed E-state index contributed by atoms with van der Waals surface area (Å²) in [6, 6.07) is 0. The molecule has 0 unspecified atom stereocenters. The quantitative estimate of drug-likeness (QED) is 0.639. The normalized spacial score (nSPS) is 56.3. The van der Waals surface area contributed by atoms with Crippen LogP contribution in [0, 0.1) is 40.4 Å². The third-order valence-electron chi connectivity index (χ3n) is 9.57. The van der Waals surface area contributed by atoms with Crippen LogP contribution in [0.15, 0.2) is 0 Å². The molecule has 150 valence electrons. The van der Waals surface area contributed by atoms with Crippen LogP contribution >= 0.6 is 0 Å². The summed E-state index contributed by atoms with van der Waals surface area (Å²) in [6.07, 6.45) is 5.45. The predicted octanol–water partition coefficient (Wildman–Crippen LogP) is 4.15. The molecule has 4 aliphatic carbocycles. The van der Waals surface area contributed by atoms with Gasteiger partial charge in [-0.25, -0.2) is 0 Å². The van der Waals surface area contributed by atoms with Gasteiger partial charge in [-0.05, 0) is 75.5 Å². The molecule has 9 atom stereocenters. The Bertz CT molecular complexity index is 698. The van der Waals surface area contributed by atoms with Gasteiger partial charge in [-0.1, -0.05) is 20.8 Å². The highest BCUT2D eigenvalue weighted by molar-refractivity contribution is 5.92. The molecule has 0 aromatic rings. The fourth-order valence-corrected chi connectivity index (χ4v) is 8.24. The SMILES string of the molecule is C[C@@H]1[C@H]2OC(C)(C)O[C@H]2C(=O)[C@@]2(C)[C@H]1CC[C@@H]1[C@@H]2CC[C@]2(C)C(=O)CC[C@@H]12. The van der Waals surface area contributed by atoms with Gasteiger partial charge < -0.3 is 9.47 Å². The van der Waals surface area contributed by atoms with E-state index in [2.05, 4.69) is 20.8 Å². The topological polar surface area (TPSA) is 52.6 Å². The third-order valence-corrected chi connectivity index (χ3v) is 9.57. The Hall–Kier alpha value is -0.740. The molecule has 1 saturated heterocycles. The van der Waals surface area contributed by atoms with Crippen LogP contribution in [0.4, 0.5) is 0 Å². The third kappa shape index (κ3) is 2.18. The second-order valence-corrected chi connectivity index (χ2v) is 11.0. The molecule has 4 heteroatoms. The van der Waals surface area contributed by atoms with Gasteiger partial charge in [0.05, 0.1) is 6.10 Å². The van der Waals surface area contributed by atoms with Crippen LogP contribution in [-0.4, -0.2) is 29.6 Å². The van der Waals surface area contributed by atoms with Crippen LogP contribution in [0.2, 0.25) is 0 Å². The first kappa shape index (κ1) is 18.3. The number of ether oxygens (including phenoxy) is 2. The molecule has 1 aliphatic heterocycles. The van der Waals surface area contributed by atoms with Crippen molar-refractivity contribution in [2.45, 2.75) is 91.1 Å². The number of hydrogen-bond donors (Lipinski definition) is 0. The molecule has 0 radical (unpaired) electrons. The van der Waals surface area contributed by atoms with Crippen molar-refractivity contribution >= 4 is 11.6 Å². The molecule has 0 bridgehead atoms. The van der Waals surface area contributed by atoms with E-state index in [1.807, 2.05) is 13.8 Å². The number of fused-ring (bicyclic) bond motifs is 6. The number of carbonyl (C=O) groups excluding carboxylic acids is 2. The van der Waals surface area contributed by atoms with Crippen molar-refractivity contribution in [3.05, 3.63) is 0 Å². The minimum atomic E-state index is -0.675. The van der Waals surface area contributed by atoms with Gasteiger partial charge >= 0.3 is 0 Å². The molecular formula is C23H34O4. The smallest absolute Gasteiger partial charge is 0.170 e. The maximum Gasteiger partial charge on any atom is 0.170 e. The van der Waals surface area contributed by atoms with Gasteiger partial charge in [-0.2, -0.15) is 0 Å². The van der Waals surface area contributed by atoms with E-state index in [0.717, 1.165) is 38.5 Å². The van der Waals surface area contributed by atoms with E-state index in [1.54, 1.807) is 0 Å². The molecule has 0 N–H and O–H groups in total. The molecular weight excluding hydrogens is 340 g/mol. The lowest BCUT2D eigenvalue weighted by Gasteiger charge is -2.60. The predicted molar refractivity (Wildman–Crippen MR) is 101 cm³/mol. The van der Waals surface area contributed by atoms with E-state index in [9.17, 15) is 9.59 Å². The fourth-order valence-electron chi connectivity index (χ4n) is 8.24.